The molecule has 1 saturated heterocycles. The Morgan fingerprint density at radius 2 is 2.00 bits per heavy atom. The van der Waals surface area contributed by atoms with Gasteiger partial charge in [-0.05, 0) is 26.0 Å². The summed E-state index contributed by atoms with van der Waals surface area (Å²) in [4.78, 5) is 14.7. The molecule has 0 atom stereocenters. The van der Waals surface area contributed by atoms with E-state index in [1.807, 2.05) is 26.0 Å². The van der Waals surface area contributed by atoms with E-state index in [9.17, 15) is 4.79 Å². The molecule has 0 radical (unpaired) electrons. The quantitative estimate of drug-likeness (QED) is 0.789. The average molecular weight is 268 g/mol. The molecule has 3 nitrogen and oxygen atoms in total. The number of nitrogens with zero attached hydrogens (tertiary/aromatic N) is 1. The lowest BCUT2D eigenvalue weighted by Gasteiger charge is -2.39. The fraction of sp³-hybridized carbons (Fsp3) is 0.500. The van der Waals surface area contributed by atoms with Crippen molar-refractivity contribution >= 4 is 17.4 Å². The highest BCUT2D eigenvalue weighted by molar-refractivity contribution is 6.31. The lowest BCUT2D eigenvalue weighted by atomic mass is 9.91. The van der Waals surface area contributed by atoms with Crippen molar-refractivity contribution in [3.63, 3.8) is 0 Å². The summed E-state index contributed by atoms with van der Waals surface area (Å²) < 4.78 is 5.33. The van der Waals surface area contributed by atoms with Gasteiger partial charge < -0.3 is 4.74 Å². The van der Waals surface area contributed by atoms with Gasteiger partial charge in [0, 0.05) is 23.7 Å². The number of benzene rings is 1. The van der Waals surface area contributed by atoms with Crippen LogP contribution in [-0.4, -0.2) is 42.5 Å². The highest BCUT2D eigenvalue weighted by Crippen LogP contribution is 2.23. The van der Waals surface area contributed by atoms with Gasteiger partial charge in [-0.1, -0.05) is 23.7 Å². The van der Waals surface area contributed by atoms with E-state index in [1.165, 1.54) is 0 Å². The standard InChI is InChI=1S/C14H18ClNO2/c1-14(2,16-6-8-18-9-7-16)13(17)11-4-3-5-12(15)10-11/h3-5,10H,6-9H2,1-2H3. The minimum Gasteiger partial charge on any atom is -0.379 e. The minimum atomic E-state index is -0.519. The molecule has 0 aromatic heterocycles. The third kappa shape index (κ3) is 2.74. The molecule has 0 N–H and O–H groups in total. The summed E-state index contributed by atoms with van der Waals surface area (Å²) in [7, 11) is 0. The normalized spacial score (nSPS) is 17.7. The Morgan fingerprint density at radius 3 is 2.61 bits per heavy atom. The number of rotatable bonds is 3. The number of ether oxygens (including phenoxy) is 1. The lowest BCUT2D eigenvalue weighted by Crippen LogP contribution is -2.54. The summed E-state index contributed by atoms with van der Waals surface area (Å²) in [6.45, 7) is 6.88. The second-order valence-electron chi connectivity index (χ2n) is 5.00. The van der Waals surface area contributed by atoms with E-state index < -0.39 is 5.54 Å². The van der Waals surface area contributed by atoms with Gasteiger partial charge in [-0.3, -0.25) is 9.69 Å². The average Bonchev–Trinajstić information content (AvgIpc) is 2.39. The Labute approximate surface area is 113 Å². The molecule has 4 heteroatoms. The topological polar surface area (TPSA) is 29.5 Å². The summed E-state index contributed by atoms with van der Waals surface area (Å²) in [5, 5.41) is 0.596. The summed E-state index contributed by atoms with van der Waals surface area (Å²) in [6.07, 6.45) is 0. The first kappa shape index (κ1) is 13.5. The number of hydrogen-bond acceptors (Lipinski definition) is 3. The number of carbonyl (C=O) groups is 1. The van der Waals surface area contributed by atoms with Gasteiger partial charge in [0.05, 0.1) is 18.8 Å². The first-order valence-electron chi connectivity index (χ1n) is 6.15. The van der Waals surface area contributed by atoms with Crippen molar-refractivity contribution in [2.75, 3.05) is 26.3 Å². The van der Waals surface area contributed by atoms with Gasteiger partial charge in [0.25, 0.3) is 0 Å². The predicted octanol–water partition coefficient (Wildman–Crippen LogP) is 2.63. The highest BCUT2D eigenvalue weighted by Gasteiger charge is 2.35. The number of Topliss-reactive ketones (excluding diaryl/α,β-unsaturated/α-hetero) is 1. The van der Waals surface area contributed by atoms with Crippen LogP contribution in [0.4, 0.5) is 0 Å². The van der Waals surface area contributed by atoms with E-state index in [1.54, 1.807) is 12.1 Å². The SMILES string of the molecule is CC(C)(C(=O)c1cccc(Cl)c1)N1CCOCC1. The van der Waals surface area contributed by atoms with Gasteiger partial charge in [-0.25, -0.2) is 0 Å². The molecule has 1 aromatic rings. The first-order chi connectivity index (χ1) is 8.51. The van der Waals surface area contributed by atoms with Gasteiger partial charge in [-0.2, -0.15) is 0 Å². The van der Waals surface area contributed by atoms with E-state index in [0.29, 0.717) is 23.8 Å². The van der Waals surface area contributed by atoms with Crippen LogP contribution in [0.5, 0.6) is 0 Å². The smallest absolute Gasteiger partial charge is 0.182 e. The summed E-state index contributed by atoms with van der Waals surface area (Å²) in [5.74, 6) is 0.104. The van der Waals surface area contributed by atoms with Crippen LogP contribution >= 0.6 is 11.6 Å². The molecule has 0 unspecified atom stereocenters. The molecule has 0 amide bonds. The van der Waals surface area contributed by atoms with Crippen molar-refractivity contribution in [1.29, 1.82) is 0 Å². The third-order valence-corrected chi connectivity index (χ3v) is 3.68. The monoisotopic (exact) mass is 267 g/mol. The number of carbonyl (C=O) groups excluding carboxylic acids is 1. The Balaban J connectivity index is 2.20. The van der Waals surface area contributed by atoms with Gasteiger partial charge in [0.2, 0.25) is 0 Å². The molecular formula is C14H18ClNO2. The van der Waals surface area contributed by atoms with Crippen molar-refractivity contribution in [1.82, 2.24) is 4.90 Å². The molecule has 1 aromatic carbocycles. The summed E-state index contributed by atoms with van der Waals surface area (Å²) in [6, 6.07) is 7.13. The zero-order valence-electron chi connectivity index (χ0n) is 10.8. The fourth-order valence-electron chi connectivity index (χ4n) is 2.25. The second-order valence-corrected chi connectivity index (χ2v) is 5.43. The first-order valence-corrected chi connectivity index (χ1v) is 6.53. The van der Waals surface area contributed by atoms with Crippen molar-refractivity contribution in [3.05, 3.63) is 34.9 Å². The largest absolute Gasteiger partial charge is 0.379 e. The molecule has 18 heavy (non-hydrogen) atoms. The Kier molecular flexibility index (Phi) is 4.05. The van der Waals surface area contributed by atoms with Crippen LogP contribution in [0.1, 0.15) is 24.2 Å². The second kappa shape index (κ2) is 5.39. The third-order valence-electron chi connectivity index (χ3n) is 3.44. The summed E-state index contributed by atoms with van der Waals surface area (Å²) in [5.41, 5.74) is 0.146. The molecule has 1 aliphatic heterocycles. The zero-order chi connectivity index (χ0) is 13.2. The van der Waals surface area contributed by atoms with Crippen molar-refractivity contribution in [3.8, 4) is 0 Å². The summed E-state index contributed by atoms with van der Waals surface area (Å²) >= 11 is 5.94. The zero-order valence-corrected chi connectivity index (χ0v) is 11.5. The van der Waals surface area contributed by atoms with Crippen LogP contribution in [0.25, 0.3) is 0 Å². The van der Waals surface area contributed by atoms with E-state index >= 15 is 0 Å². The van der Waals surface area contributed by atoms with Gasteiger partial charge >= 0.3 is 0 Å². The predicted molar refractivity (Wildman–Crippen MR) is 72.3 cm³/mol. The maximum atomic E-state index is 12.6. The van der Waals surface area contributed by atoms with Crippen molar-refractivity contribution in [2.24, 2.45) is 0 Å². The molecular weight excluding hydrogens is 250 g/mol. The maximum Gasteiger partial charge on any atom is 0.182 e. The number of ketones is 1. The van der Waals surface area contributed by atoms with Crippen LogP contribution in [0.2, 0.25) is 5.02 Å². The van der Waals surface area contributed by atoms with Crippen LogP contribution in [0.15, 0.2) is 24.3 Å². The Hall–Kier alpha value is -0.900. The van der Waals surface area contributed by atoms with Crippen LogP contribution in [0, 0.1) is 0 Å². The number of hydrogen-bond donors (Lipinski definition) is 0. The van der Waals surface area contributed by atoms with Crippen molar-refractivity contribution in [2.45, 2.75) is 19.4 Å². The Morgan fingerprint density at radius 1 is 1.33 bits per heavy atom. The molecule has 0 bridgehead atoms. The van der Waals surface area contributed by atoms with E-state index in [2.05, 4.69) is 4.90 Å². The van der Waals surface area contributed by atoms with Crippen LogP contribution in [-0.2, 0) is 4.74 Å². The minimum absolute atomic E-state index is 0.104. The Bertz CT molecular complexity index is 439. The molecule has 2 rings (SSSR count). The van der Waals surface area contributed by atoms with E-state index in [4.69, 9.17) is 16.3 Å². The maximum absolute atomic E-state index is 12.6. The molecule has 0 aliphatic carbocycles. The van der Waals surface area contributed by atoms with Crippen LogP contribution < -0.4 is 0 Å². The molecule has 98 valence electrons. The van der Waals surface area contributed by atoms with E-state index in [0.717, 1.165) is 13.1 Å². The van der Waals surface area contributed by atoms with Gasteiger partial charge in [-0.15, -0.1) is 0 Å². The van der Waals surface area contributed by atoms with Crippen molar-refractivity contribution < 1.29 is 9.53 Å². The molecule has 1 heterocycles. The number of morpholine rings is 1. The fourth-order valence-corrected chi connectivity index (χ4v) is 2.44. The molecule has 1 fully saturated rings. The molecule has 1 aliphatic rings. The molecule has 0 saturated carbocycles. The van der Waals surface area contributed by atoms with Gasteiger partial charge in [0.15, 0.2) is 5.78 Å². The van der Waals surface area contributed by atoms with E-state index in [-0.39, 0.29) is 5.78 Å². The molecule has 0 spiro atoms. The van der Waals surface area contributed by atoms with Crippen LogP contribution in [0.3, 0.4) is 0 Å². The number of halogens is 1. The lowest BCUT2D eigenvalue weighted by molar-refractivity contribution is -0.00429. The highest BCUT2D eigenvalue weighted by atomic mass is 35.5. The van der Waals surface area contributed by atoms with Gasteiger partial charge in [0.1, 0.15) is 0 Å².